The molecule has 4 nitrogen and oxygen atoms in total. The smallest absolute Gasteiger partial charge is 0.157 e. The highest BCUT2D eigenvalue weighted by atomic mass is 32.2. The molecule has 1 atom stereocenters. The normalized spacial score (nSPS) is 43.7. The van der Waals surface area contributed by atoms with Crippen molar-refractivity contribution in [2.24, 2.45) is 10.9 Å². The molecule has 0 radical (unpaired) electrons. The predicted octanol–water partition coefficient (Wildman–Crippen LogP) is 1.81. The van der Waals surface area contributed by atoms with Crippen molar-refractivity contribution in [1.29, 1.82) is 0 Å². The monoisotopic (exact) mass is 302 g/mol. The third kappa shape index (κ3) is 3.10. The van der Waals surface area contributed by atoms with Crippen LogP contribution in [0.2, 0.25) is 0 Å². The van der Waals surface area contributed by atoms with Gasteiger partial charge in [0.1, 0.15) is 0 Å². The number of nitrogens with zero attached hydrogens (tertiary/aromatic N) is 1. The van der Waals surface area contributed by atoms with Crippen LogP contribution in [0.15, 0.2) is 4.99 Å². The number of sulfone groups is 1. The number of amidine groups is 1. The van der Waals surface area contributed by atoms with E-state index < -0.39 is 9.84 Å². The summed E-state index contributed by atoms with van der Waals surface area (Å²) in [5.41, 5.74) is 0.244. The van der Waals surface area contributed by atoms with Gasteiger partial charge in [0.2, 0.25) is 0 Å². The molecule has 0 aromatic carbocycles. The lowest BCUT2D eigenvalue weighted by molar-refractivity contribution is 0.250. The number of rotatable bonds is 1. The first-order valence-electron chi connectivity index (χ1n) is 7.16. The molecule has 3 rings (SSSR count). The maximum absolute atomic E-state index is 11.4. The van der Waals surface area contributed by atoms with Crippen LogP contribution in [-0.2, 0) is 9.84 Å². The van der Waals surface area contributed by atoms with Crippen molar-refractivity contribution in [2.75, 3.05) is 17.3 Å². The molecule has 1 unspecified atom stereocenters. The van der Waals surface area contributed by atoms with Gasteiger partial charge in [0, 0.05) is 11.3 Å². The average molecular weight is 302 g/mol. The summed E-state index contributed by atoms with van der Waals surface area (Å²) in [6.45, 7) is 2.33. The van der Waals surface area contributed by atoms with Crippen LogP contribution in [0.3, 0.4) is 0 Å². The van der Waals surface area contributed by atoms with Crippen molar-refractivity contribution in [3.8, 4) is 0 Å². The summed E-state index contributed by atoms with van der Waals surface area (Å²) >= 11 is 1.78. The van der Waals surface area contributed by atoms with Gasteiger partial charge < -0.3 is 5.32 Å². The highest BCUT2D eigenvalue weighted by Gasteiger charge is 2.40. The molecule has 2 saturated heterocycles. The molecular weight excluding hydrogens is 280 g/mol. The fourth-order valence-corrected chi connectivity index (χ4v) is 6.11. The third-order valence-electron chi connectivity index (χ3n) is 4.60. The van der Waals surface area contributed by atoms with Gasteiger partial charge in [0.25, 0.3) is 0 Å². The number of aliphatic imine (C=N–C) groups is 1. The van der Waals surface area contributed by atoms with Crippen molar-refractivity contribution in [3.63, 3.8) is 0 Å². The Hall–Kier alpha value is -0.230. The minimum Gasteiger partial charge on any atom is -0.359 e. The van der Waals surface area contributed by atoms with Crippen LogP contribution in [0.5, 0.6) is 0 Å². The number of nitrogens with one attached hydrogen (secondary N) is 1. The Labute approximate surface area is 119 Å². The lowest BCUT2D eigenvalue weighted by atomic mass is 9.78. The van der Waals surface area contributed by atoms with E-state index in [0.29, 0.717) is 12.2 Å². The van der Waals surface area contributed by atoms with Crippen LogP contribution in [0.1, 0.15) is 39.0 Å². The van der Waals surface area contributed by atoms with Gasteiger partial charge in [-0.25, -0.2) is 8.42 Å². The Morgan fingerprint density at radius 3 is 2.68 bits per heavy atom. The first kappa shape index (κ1) is 13.7. The summed E-state index contributed by atoms with van der Waals surface area (Å²) < 4.78 is 22.9. The molecule has 6 heteroatoms. The number of thioether (sulfide) groups is 1. The van der Waals surface area contributed by atoms with E-state index in [1.54, 1.807) is 11.8 Å². The molecule has 3 aliphatic rings. The molecule has 0 aromatic rings. The second-order valence-corrected chi connectivity index (χ2v) is 9.56. The van der Waals surface area contributed by atoms with Gasteiger partial charge >= 0.3 is 0 Å². The van der Waals surface area contributed by atoms with Crippen molar-refractivity contribution < 1.29 is 8.42 Å². The zero-order chi connectivity index (χ0) is 13.5. The molecule has 2 heterocycles. The third-order valence-corrected chi connectivity index (χ3v) is 7.53. The van der Waals surface area contributed by atoms with Crippen molar-refractivity contribution in [2.45, 2.75) is 50.6 Å². The van der Waals surface area contributed by atoms with E-state index in [4.69, 9.17) is 0 Å². The van der Waals surface area contributed by atoms with Crippen LogP contribution in [0.25, 0.3) is 0 Å². The number of hydrogen-bond donors (Lipinski definition) is 1. The molecule has 1 N–H and O–H groups in total. The van der Waals surface area contributed by atoms with Gasteiger partial charge in [0.05, 0.1) is 17.5 Å². The summed E-state index contributed by atoms with van der Waals surface area (Å²) in [7, 11) is -2.82. The summed E-state index contributed by atoms with van der Waals surface area (Å²) in [4.78, 5) is 4.63. The Bertz CT molecular complexity index is 479. The minimum absolute atomic E-state index is 0.0161. The van der Waals surface area contributed by atoms with Crippen molar-refractivity contribution in [3.05, 3.63) is 0 Å². The van der Waals surface area contributed by atoms with E-state index in [9.17, 15) is 8.42 Å². The molecule has 108 valence electrons. The summed E-state index contributed by atoms with van der Waals surface area (Å²) in [5, 5.41) is 4.58. The van der Waals surface area contributed by atoms with E-state index in [1.165, 1.54) is 25.7 Å². The summed E-state index contributed by atoms with van der Waals surface area (Å²) in [6.07, 6.45) is 5.72. The molecule has 0 bridgehead atoms. The van der Waals surface area contributed by atoms with Gasteiger partial charge in [-0.05, 0) is 38.0 Å². The first-order valence-corrected chi connectivity index (χ1v) is 9.96. The molecule has 1 spiro atoms. The van der Waals surface area contributed by atoms with Crippen LogP contribution >= 0.6 is 11.8 Å². The standard InChI is InChI=1S/C13H22N2O2S2/c1-10-2-5-13(6-3-10)9-18-12(15-13)14-11-4-7-19(16,17)8-11/h10-11H,2-9H2,1H3,(H,14,15). The van der Waals surface area contributed by atoms with Crippen LogP contribution < -0.4 is 5.32 Å². The lowest BCUT2D eigenvalue weighted by Gasteiger charge is -2.35. The largest absolute Gasteiger partial charge is 0.359 e. The van der Waals surface area contributed by atoms with Crippen LogP contribution in [-0.4, -0.2) is 42.4 Å². The molecular formula is C13H22N2O2S2. The first-order chi connectivity index (χ1) is 8.96. The highest BCUT2D eigenvalue weighted by molar-refractivity contribution is 8.14. The second kappa shape index (κ2) is 4.95. The summed E-state index contributed by atoms with van der Waals surface area (Å²) in [6, 6.07) is -0.0161. The maximum Gasteiger partial charge on any atom is 0.157 e. The molecule has 3 fully saturated rings. The van der Waals surface area contributed by atoms with E-state index in [1.807, 2.05) is 0 Å². The predicted molar refractivity (Wildman–Crippen MR) is 80.5 cm³/mol. The Morgan fingerprint density at radius 1 is 1.32 bits per heavy atom. The second-order valence-electron chi connectivity index (χ2n) is 6.37. The van der Waals surface area contributed by atoms with Crippen LogP contribution in [0, 0.1) is 5.92 Å². The molecule has 0 amide bonds. The van der Waals surface area contributed by atoms with E-state index >= 15 is 0 Å². The Balaban J connectivity index is 1.63. The molecule has 1 aliphatic carbocycles. The Kier molecular flexibility index (Phi) is 3.58. The highest BCUT2D eigenvalue weighted by Crippen LogP contribution is 2.38. The van der Waals surface area contributed by atoms with Gasteiger partial charge in [0.15, 0.2) is 15.0 Å². The van der Waals surface area contributed by atoms with E-state index in [0.717, 1.165) is 16.8 Å². The SMILES string of the molecule is CC1CCC2(CC1)CSC(=NC1CCS(=O)(=O)C1)N2. The maximum atomic E-state index is 11.4. The number of hydrogen-bond acceptors (Lipinski definition) is 4. The van der Waals surface area contributed by atoms with Gasteiger partial charge in [-0.15, -0.1) is 0 Å². The van der Waals surface area contributed by atoms with Gasteiger partial charge in [-0.1, -0.05) is 18.7 Å². The van der Waals surface area contributed by atoms with E-state index in [2.05, 4.69) is 17.2 Å². The van der Waals surface area contributed by atoms with Crippen LogP contribution in [0.4, 0.5) is 0 Å². The fourth-order valence-electron chi connectivity index (χ4n) is 3.20. The fraction of sp³-hybridized carbons (Fsp3) is 0.923. The van der Waals surface area contributed by atoms with Gasteiger partial charge in [-0.2, -0.15) is 0 Å². The molecule has 1 saturated carbocycles. The zero-order valence-electron chi connectivity index (χ0n) is 11.4. The average Bonchev–Trinajstić information content (AvgIpc) is 2.89. The summed E-state index contributed by atoms with van der Waals surface area (Å²) in [5.74, 6) is 2.49. The van der Waals surface area contributed by atoms with E-state index in [-0.39, 0.29) is 17.3 Å². The molecule has 19 heavy (non-hydrogen) atoms. The molecule has 0 aromatic heterocycles. The van der Waals surface area contributed by atoms with Crippen molar-refractivity contribution in [1.82, 2.24) is 5.32 Å². The quantitative estimate of drug-likeness (QED) is 0.802. The molecule has 2 aliphatic heterocycles. The Morgan fingerprint density at radius 2 is 2.05 bits per heavy atom. The zero-order valence-corrected chi connectivity index (χ0v) is 13.0. The van der Waals surface area contributed by atoms with Crippen molar-refractivity contribution >= 4 is 26.8 Å². The topological polar surface area (TPSA) is 58.5 Å². The lowest BCUT2D eigenvalue weighted by Crippen LogP contribution is -2.46. The minimum atomic E-state index is -2.82. The van der Waals surface area contributed by atoms with Gasteiger partial charge in [-0.3, -0.25) is 4.99 Å².